The largest absolute Gasteiger partial charge is 0.370 e. The van der Waals surface area contributed by atoms with E-state index in [1.807, 2.05) is 31.2 Å². The zero-order chi connectivity index (χ0) is 15.0. The first kappa shape index (κ1) is 15.2. The highest BCUT2D eigenvalue weighted by molar-refractivity contribution is 9.11. The van der Waals surface area contributed by atoms with E-state index in [1.54, 1.807) is 0 Å². The van der Waals surface area contributed by atoms with E-state index in [0.29, 0.717) is 5.82 Å². The van der Waals surface area contributed by atoms with Crippen molar-refractivity contribution in [1.29, 1.82) is 0 Å². The molecule has 21 heavy (non-hydrogen) atoms. The third-order valence-electron chi connectivity index (χ3n) is 2.86. The van der Waals surface area contributed by atoms with Crippen LogP contribution in [0.25, 0.3) is 21.6 Å². The lowest BCUT2D eigenvalue weighted by atomic mass is 10.2. The molecule has 3 rings (SSSR count). The van der Waals surface area contributed by atoms with Crippen LogP contribution in [0.1, 0.15) is 6.92 Å². The molecule has 0 aliphatic heterocycles. The highest BCUT2D eigenvalue weighted by Gasteiger charge is 2.13. The average molecular weight is 448 g/mol. The van der Waals surface area contributed by atoms with Crippen LogP contribution in [0.2, 0.25) is 4.34 Å². The molecule has 0 spiro atoms. The minimum absolute atomic E-state index is 0.679. The van der Waals surface area contributed by atoms with Gasteiger partial charge in [-0.25, -0.2) is 9.97 Å². The fourth-order valence-electron chi connectivity index (χ4n) is 2.00. The minimum Gasteiger partial charge on any atom is -0.370 e. The maximum absolute atomic E-state index is 6.01. The smallest absolute Gasteiger partial charge is 0.172 e. The fourth-order valence-corrected chi connectivity index (χ4v) is 4.30. The number of fused-ring (bicyclic) bond motifs is 1. The fraction of sp³-hybridized carbons (Fsp3) is 0.143. The summed E-state index contributed by atoms with van der Waals surface area (Å²) in [5.74, 6) is 1.50. The quantitative estimate of drug-likeness (QED) is 0.538. The van der Waals surface area contributed by atoms with Crippen LogP contribution in [0.15, 0.2) is 33.2 Å². The van der Waals surface area contributed by atoms with Gasteiger partial charge in [0.2, 0.25) is 0 Å². The van der Waals surface area contributed by atoms with Gasteiger partial charge >= 0.3 is 0 Å². The molecule has 0 amide bonds. The summed E-state index contributed by atoms with van der Waals surface area (Å²) in [5.41, 5.74) is 0.878. The van der Waals surface area contributed by atoms with E-state index in [-0.39, 0.29) is 0 Å². The number of halogens is 3. The Morgan fingerprint density at radius 1 is 1.24 bits per heavy atom. The summed E-state index contributed by atoms with van der Waals surface area (Å²) in [5, 5.41) is 4.28. The molecule has 0 aliphatic carbocycles. The molecule has 1 aromatic carbocycles. The van der Waals surface area contributed by atoms with Gasteiger partial charge < -0.3 is 5.32 Å². The number of thiophene rings is 1. The number of nitrogens with one attached hydrogen (secondary N) is 1. The van der Waals surface area contributed by atoms with E-state index in [4.69, 9.17) is 11.6 Å². The third-order valence-corrected chi connectivity index (χ3v) is 5.15. The van der Waals surface area contributed by atoms with E-state index >= 15 is 0 Å². The molecule has 108 valence electrons. The van der Waals surface area contributed by atoms with Gasteiger partial charge in [0.25, 0.3) is 0 Å². The molecular weight excluding hydrogens is 438 g/mol. The average Bonchev–Trinajstić information content (AvgIpc) is 2.86. The lowest BCUT2D eigenvalue weighted by molar-refractivity contribution is 1.15. The van der Waals surface area contributed by atoms with Gasteiger partial charge in [-0.15, -0.1) is 11.3 Å². The molecule has 0 saturated carbocycles. The van der Waals surface area contributed by atoms with Crippen LogP contribution >= 0.6 is 54.8 Å². The molecule has 2 heterocycles. The zero-order valence-corrected chi connectivity index (χ0v) is 15.7. The van der Waals surface area contributed by atoms with Crippen LogP contribution in [0.3, 0.4) is 0 Å². The summed E-state index contributed by atoms with van der Waals surface area (Å²) < 4.78 is 2.64. The first-order chi connectivity index (χ1) is 10.1. The number of aromatic nitrogens is 2. The number of hydrogen-bond acceptors (Lipinski definition) is 4. The van der Waals surface area contributed by atoms with Crippen molar-refractivity contribution in [2.24, 2.45) is 0 Å². The predicted molar refractivity (Wildman–Crippen MR) is 97.4 cm³/mol. The zero-order valence-electron chi connectivity index (χ0n) is 11.0. The summed E-state index contributed by atoms with van der Waals surface area (Å²) in [6.45, 7) is 2.84. The Morgan fingerprint density at radius 2 is 2.05 bits per heavy atom. The van der Waals surface area contributed by atoms with E-state index in [2.05, 4.69) is 47.1 Å². The van der Waals surface area contributed by atoms with Crippen molar-refractivity contribution >= 4 is 71.5 Å². The second-order valence-electron chi connectivity index (χ2n) is 4.31. The SMILES string of the molecule is CCNc1nc(-c2ccc(Cl)s2)nc2c(Br)cc(Br)cc12. The second kappa shape index (κ2) is 6.20. The lowest BCUT2D eigenvalue weighted by Crippen LogP contribution is -2.03. The highest BCUT2D eigenvalue weighted by Crippen LogP contribution is 2.35. The van der Waals surface area contributed by atoms with Gasteiger partial charge in [-0.05, 0) is 47.1 Å². The Hall–Kier alpha value is -0.690. The van der Waals surface area contributed by atoms with Gasteiger partial charge in [-0.2, -0.15) is 0 Å². The van der Waals surface area contributed by atoms with E-state index in [9.17, 15) is 0 Å². The Kier molecular flexibility index (Phi) is 4.49. The van der Waals surface area contributed by atoms with Gasteiger partial charge in [-0.3, -0.25) is 0 Å². The minimum atomic E-state index is 0.679. The number of hydrogen-bond donors (Lipinski definition) is 1. The highest BCUT2D eigenvalue weighted by atomic mass is 79.9. The van der Waals surface area contributed by atoms with Gasteiger partial charge in [0.15, 0.2) is 5.82 Å². The van der Waals surface area contributed by atoms with E-state index in [0.717, 1.165) is 41.4 Å². The topological polar surface area (TPSA) is 37.8 Å². The maximum atomic E-state index is 6.01. The Morgan fingerprint density at radius 3 is 2.71 bits per heavy atom. The van der Waals surface area contributed by atoms with Crippen LogP contribution in [0.5, 0.6) is 0 Å². The van der Waals surface area contributed by atoms with E-state index in [1.165, 1.54) is 11.3 Å². The molecule has 7 heteroatoms. The summed E-state index contributed by atoms with van der Waals surface area (Å²) in [4.78, 5) is 10.3. The Balaban J connectivity index is 2.28. The van der Waals surface area contributed by atoms with Crippen LogP contribution in [0, 0.1) is 0 Å². The molecule has 0 saturated heterocycles. The molecule has 0 unspecified atom stereocenters. The summed E-state index contributed by atoms with van der Waals surface area (Å²) in [6, 6.07) is 7.80. The standard InChI is InChI=1S/C14H10Br2ClN3S/c1-2-18-13-8-5-7(15)6-9(16)12(8)19-14(20-13)10-3-4-11(17)21-10/h3-6H,2H2,1H3,(H,18,19,20). The molecule has 1 N–H and O–H groups in total. The van der Waals surface area contributed by atoms with Crippen LogP contribution in [0.4, 0.5) is 5.82 Å². The van der Waals surface area contributed by atoms with Crippen molar-refractivity contribution < 1.29 is 0 Å². The third kappa shape index (κ3) is 3.08. The van der Waals surface area contributed by atoms with Gasteiger partial charge in [0.1, 0.15) is 5.82 Å². The Labute approximate surface area is 148 Å². The van der Waals surface area contributed by atoms with Gasteiger partial charge in [0, 0.05) is 20.9 Å². The summed E-state index contributed by atoms with van der Waals surface area (Å²) >= 11 is 14.6. The maximum Gasteiger partial charge on any atom is 0.172 e. The molecule has 0 fully saturated rings. The predicted octanol–water partition coefficient (Wildman–Crippen LogP) is 5.97. The molecular formula is C14H10Br2ClN3S. The van der Waals surface area contributed by atoms with Crippen molar-refractivity contribution in [3.63, 3.8) is 0 Å². The number of anilines is 1. The normalized spacial score (nSPS) is 11.0. The summed E-state index contributed by atoms with van der Waals surface area (Å²) in [7, 11) is 0. The molecule has 3 nitrogen and oxygen atoms in total. The molecule has 0 bridgehead atoms. The molecule has 3 aromatic rings. The van der Waals surface area contributed by atoms with Crippen molar-refractivity contribution in [2.75, 3.05) is 11.9 Å². The lowest BCUT2D eigenvalue weighted by Gasteiger charge is -2.10. The van der Waals surface area contributed by atoms with Crippen LogP contribution in [-0.4, -0.2) is 16.5 Å². The van der Waals surface area contributed by atoms with Crippen molar-refractivity contribution in [3.05, 3.63) is 37.5 Å². The Bertz CT molecular complexity index is 819. The van der Waals surface area contributed by atoms with Crippen molar-refractivity contribution in [3.8, 4) is 10.7 Å². The van der Waals surface area contributed by atoms with Crippen LogP contribution in [-0.2, 0) is 0 Å². The monoisotopic (exact) mass is 445 g/mol. The molecule has 0 radical (unpaired) electrons. The number of benzene rings is 1. The van der Waals surface area contributed by atoms with Gasteiger partial charge in [0.05, 0.1) is 14.7 Å². The van der Waals surface area contributed by atoms with E-state index < -0.39 is 0 Å². The molecule has 2 aromatic heterocycles. The van der Waals surface area contributed by atoms with Crippen LogP contribution < -0.4 is 5.32 Å². The molecule has 0 atom stereocenters. The number of rotatable bonds is 3. The molecule has 0 aliphatic rings. The van der Waals surface area contributed by atoms with Gasteiger partial charge in [-0.1, -0.05) is 27.5 Å². The van der Waals surface area contributed by atoms with Crippen molar-refractivity contribution in [2.45, 2.75) is 6.92 Å². The first-order valence-corrected chi connectivity index (χ1v) is 9.03. The van der Waals surface area contributed by atoms with Crippen molar-refractivity contribution in [1.82, 2.24) is 9.97 Å². The second-order valence-corrected chi connectivity index (χ2v) is 7.80. The first-order valence-electron chi connectivity index (χ1n) is 6.25. The summed E-state index contributed by atoms with van der Waals surface area (Å²) in [6.07, 6.45) is 0. The number of nitrogens with zero attached hydrogens (tertiary/aromatic N) is 2.